The fourth-order valence-electron chi connectivity index (χ4n) is 4.89. The molecule has 1 unspecified atom stereocenters. The number of rotatable bonds is 12. The third kappa shape index (κ3) is 6.92. The molecule has 0 aliphatic carbocycles. The number of carboxylic acids is 1. The van der Waals surface area contributed by atoms with Crippen molar-refractivity contribution in [3.8, 4) is 16.9 Å². The lowest BCUT2D eigenvalue weighted by Gasteiger charge is -2.22. The van der Waals surface area contributed by atoms with Crippen LogP contribution >= 0.6 is 11.6 Å². The van der Waals surface area contributed by atoms with Crippen LogP contribution in [-0.2, 0) is 11.0 Å². The Labute approximate surface area is 246 Å². The molecule has 1 N–H and O–H groups in total. The Balaban J connectivity index is 1.73. The maximum absolute atomic E-state index is 13.2. The van der Waals surface area contributed by atoms with Crippen molar-refractivity contribution in [3.63, 3.8) is 0 Å². The summed E-state index contributed by atoms with van der Waals surface area (Å²) in [6.07, 6.45) is -0.224. The quantitative estimate of drug-likeness (QED) is 0.164. The summed E-state index contributed by atoms with van der Waals surface area (Å²) in [5.41, 5.74) is 1.99. The number of alkyl halides is 3. The van der Waals surface area contributed by atoms with E-state index in [4.69, 9.17) is 26.5 Å². The minimum absolute atomic E-state index is 0.0427. The van der Waals surface area contributed by atoms with Crippen molar-refractivity contribution in [2.75, 3.05) is 6.61 Å². The highest BCUT2D eigenvalue weighted by atomic mass is 35.5. The van der Waals surface area contributed by atoms with Gasteiger partial charge in [-0.2, -0.15) is 18.3 Å². The maximum atomic E-state index is 13.2. The largest absolute Gasteiger partial charge is 0.492 e. The standard InChI is InChI=1S/C31H31ClF3N3O4/c1-4-42-30-22(21-10-9-20(15-24(21)32)31(33,34)35)11-13-26-23(30)17-37-38(26)27(14-18(2)3)19-8-12-25(36-16-19)28(39)6-5-7-29(40)41/h8-13,15-18,27H,4-7,14H2,1-3H3,(H,40,41). The van der Waals surface area contributed by atoms with Crippen LogP contribution in [0.2, 0.25) is 5.02 Å². The van der Waals surface area contributed by atoms with Gasteiger partial charge in [-0.05, 0) is 61.6 Å². The highest BCUT2D eigenvalue weighted by Gasteiger charge is 2.31. The van der Waals surface area contributed by atoms with Crippen molar-refractivity contribution in [1.29, 1.82) is 0 Å². The molecule has 4 aromatic rings. The summed E-state index contributed by atoms with van der Waals surface area (Å²) in [6.45, 7) is 6.31. The van der Waals surface area contributed by atoms with E-state index in [9.17, 15) is 22.8 Å². The number of carbonyl (C=O) groups is 2. The average molecular weight is 602 g/mol. The first-order valence-electron chi connectivity index (χ1n) is 13.6. The number of carbonyl (C=O) groups excluding carboxylic acids is 1. The molecule has 2 aromatic heterocycles. The first kappa shape index (κ1) is 31.0. The van der Waals surface area contributed by atoms with Crippen molar-refractivity contribution in [1.82, 2.24) is 14.8 Å². The van der Waals surface area contributed by atoms with E-state index >= 15 is 0 Å². The molecule has 222 valence electrons. The second kappa shape index (κ2) is 12.9. The van der Waals surface area contributed by atoms with Crippen LogP contribution in [0.15, 0.2) is 54.9 Å². The summed E-state index contributed by atoms with van der Waals surface area (Å²) in [4.78, 5) is 27.6. The predicted octanol–water partition coefficient (Wildman–Crippen LogP) is 8.24. The fraction of sp³-hybridized carbons (Fsp3) is 0.355. The zero-order valence-corrected chi connectivity index (χ0v) is 24.2. The Morgan fingerprint density at radius 1 is 1.05 bits per heavy atom. The highest BCUT2D eigenvalue weighted by molar-refractivity contribution is 6.33. The van der Waals surface area contributed by atoms with Crippen LogP contribution in [0.5, 0.6) is 5.75 Å². The van der Waals surface area contributed by atoms with E-state index in [-0.39, 0.29) is 47.7 Å². The zero-order chi connectivity index (χ0) is 30.6. The lowest BCUT2D eigenvalue weighted by molar-refractivity contribution is -0.138. The first-order valence-corrected chi connectivity index (χ1v) is 14.0. The number of hydrogen-bond donors (Lipinski definition) is 1. The molecule has 11 heteroatoms. The van der Waals surface area contributed by atoms with Gasteiger partial charge in [-0.1, -0.05) is 37.6 Å². The summed E-state index contributed by atoms with van der Waals surface area (Å²) >= 11 is 6.33. The number of ketones is 1. The minimum Gasteiger partial charge on any atom is -0.492 e. The molecule has 0 aliphatic rings. The van der Waals surface area contributed by atoms with Gasteiger partial charge in [0.2, 0.25) is 0 Å². The van der Waals surface area contributed by atoms with Gasteiger partial charge in [0, 0.05) is 35.2 Å². The fourth-order valence-corrected chi connectivity index (χ4v) is 5.17. The Morgan fingerprint density at radius 3 is 2.38 bits per heavy atom. The summed E-state index contributed by atoms with van der Waals surface area (Å²) in [5, 5.41) is 14.1. The molecule has 0 aliphatic heterocycles. The molecule has 0 amide bonds. The Bertz CT molecular complexity index is 1580. The van der Waals surface area contributed by atoms with Gasteiger partial charge in [-0.3, -0.25) is 19.3 Å². The topological polar surface area (TPSA) is 94.3 Å². The molecule has 0 saturated carbocycles. The van der Waals surface area contributed by atoms with Crippen molar-refractivity contribution < 1.29 is 32.6 Å². The van der Waals surface area contributed by atoms with Gasteiger partial charge >= 0.3 is 12.1 Å². The minimum atomic E-state index is -4.51. The molecular formula is C31H31ClF3N3O4. The molecule has 42 heavy (non-hydrogen) atoms. The van der Waals surface area contributed by atoms with Crippen LogP contribution in [-0.4, -0.2) is 38.2 Å². The maximum Gasteiger partial charge on any atom is 0.416 e. The van der Waals surface area contributed by atoms with E-state index in [1.54, 1.807) is 24.5 Å². The lowest BCUT2D eigenvalue weighted by atomic mass is 9.97. The van der Waals surface area contributed by atoms with Crippen molar-refractivity contribution in [2.45, 2.75) is 58.7 Å². The average Bonchev–Trinajstić information content (AvgIpc) is 3.36. The van der Waals surface area contributed by atoms with Gasteiger partial charge in [-0.25, -0.2) is 0 Å². The number of pyridine rings is 1. The number of aliphatic carboxylic acids is 1. The molecule has 2 aromatic carbocycles. The molecule has 0 radical (unpaired) electrons. The lowest BCUT2D eigenvalue weighted by Crippen LogP contribution is -2.15. The SMILES string of the molecule is CCOc1c(-c2ccc(C(F)(F)F)cc2Cl)ccc2c1cnn2C(CC(C)C)c1ccc(C(=O)CCCC(=O)O)nc1. The molecule has 0 saturated heterocycles. The van der Waals surface area contributed by atoms with Gasteiger partial charge in [0.25, 0.3) is 0 Å². The molecule has 1 atom stereocenters. The summed E-state index contributed by atoms with van der Waals surface area (Å²) in [7, 11) is 0. The monoisotopic (exact) mass is 601 g/mol. The first-order chi connectivity index (χ1) is 19.9. The predicted molar refractivity (Wildman–Crippen MR) is 154 cm³/mol. The number of carboxylic acid groups (broad SMARTS) is 1. The zero-order valence-electron chi connectivity index (χ0n) is 23.4. The molecule has 0 fully saturated rings. The van der Waals surface area contributed by atoms with Gasteiger partial charge in [0.15, 0.2) is 5.78 Å². The number of benzene rings is 2. The van der Waals surface area contributed by atoms with Gasteiger partial charge < -0.3 is 9.84 Å². The Morgan fingerprint density at radius 2 is 1.79 bits per heavy atom. The third-order valence-electron chi connectivity index (χ3n) is 6.85. The molecule has 2 heterocycles. The molecular weight excluding hydrogens is 571 g/mol. The van der Waals surface area contributed by atoms with E-state index in [2.05, 4.69) is 18.8 Å². The summed E-state index contributed by atoms with van der Waals surface area (Å²) in [5.74, 6) is -0.422. The summed E-state index contributed by atoms with van der Waals surface area (Å²) in [6, 6.07) is 10.1. The normalized spacial score (nSPS) is 12.6. The Kier molecular flexibility index (Phi) is 9.56. The van der Waals surface area contributed by atoms with E-state index in [0.29, 0.717) is 35.3 Å². The number of Topliss-reactive ketones (excluding diaryl/α,β-unsaturated/α-hetero) is 1. The summed E-state index contributed by atoms with van der Waals surface area (Å²) < 4.78 is 47.5. The van der Waals surface area contributed by atoms with Crippen LogP contribution in [0.1, 0.15) is 74.1 Å². The van der Waals surface area contributed by atoms with Gasteiger partial charge in [-0.15, -0.1) is 0 Å². The van der Waals surface area contributed by atoms with Crippen LogP contribution in [0.3, 0.4) is 0 Å². The van der Waals surface area contributed by atoms with E-state index in [1.807, 2.05) is 23.7 Å². The molecule has 4 rings (SSSR count). The number of aromatic nitrogens is 3. The van der Waals surface area contributed by atoms with Crippen LogP contribution < -0.4 is 4.74 Å². The van der Waals surface area contributed by atoms with Crippen LogP contribution in [0.4, 0.5) is 13.2 Å². The van der Waals surface area contributed by atoms with Gasteiger partial charge in [0.05, 0.1) is 35.3 Å². The molecule has 0 spiro atoms. The van der Waals surface area contributed by atoms with E-state index in [0.717, 1.165) is 23.2 Å². The van der Waals surface area contributed by atoms with E-state index < -0.39 is 17.7 Å². The number of halogens is 4. The second-order valence-corrected chi connectivity index (χ2v) is 10.8. The second-order valence-electron chi connectivity index (χ2n) is 10.4. The Hall–Kier alpha value is -3.92. The van der Waals surface area contributed by atoms with Gasteiger partial charge in [0.1, 0.15) is 11.4 Å². The van der Waals surface area contributed by atoms with Crippen LogP contribution in [0, 0.1) is 5.92 Å². The van der Waals surface area contributed by atoms with Crippen molar-refractivity contribution in [2.24, 2.45) is 5.92 Å². The number of hydrogen-bond acceptors (Lipinski definition) is 5. The van der Waals surface area contributed by atoms with E-state index in [1.165, 1.54) is 6.07 Å². The molecule has 7 nitrogen and oxygen atoms in total. The smallest absolute Gasteiger partial charge is 0.416 e. The number of fused-ring (bicyclic) bond motifs is 1. The van der Waals surface area contributed by atoms with Crippen molar-refractivity contribution >= 4 is 34.3 Å². The number of ether oxygens (including phenoxy) is 1. The highest BCUT2D eigenvalue weighted by Crippen LogP contribution is 2.43. The third-order valence-corrected chi connectivity index (χ3v) is 7.16. The number of nitrogens with zero attached hydrogens (tertiary/aromatic N) is 3. The van der Waals surface area contributed by atoms with Crippen molar-refractivity contribution in [3.05, 3.63) is 76.7 Å². The molecule has 0 bridgehead atoms. The van der Waals surface area contributed by atoms with Crippen LogP contribution in [0.25, 0.3) is 22.0 Å².